The minimum Gasteiger partial charge on any atom is -0.381 e. The van der Waals surface area contributed by atoms with Crippen LogP contribution in [0.25, 0.3) is 0 Å². The Morgan fingerprint density at radius 3 is 3.00 bits per heavy atom. The Hall–Kier alpha value is -0.490. The largest absolute Gasteiger partial charge is 0.381 e. The molecule has 0 aliphatic carbocycles. The van der Waals surface area contributed by atoms with Crippen molar-refractivity contribution >= 4 is 11.3 Å². The number of ether oxygens (including phenoxy) is 1. The number of thiazole rings is 1. The zero-order valence-electron chi connectivity index (χ0n) is 11.1. The van der Waals surface area contributed by atoms with E-state index in [9.17, 15) is 0 Å². The molecule has 1 aromatic heterocycles. The second kappa shape index (κ2) is 6.61. The maximum Gasteiger partial charge on any atom is 0.0941 e. The van der Waals surface area contributed by atoms with Crippen LogP contribution in [0.1, 0.15) is 30.5 Å². The highest BCUT2D eigenvalue weighted by atomic mass is 32.1. The van der Waals surface area contributed by atoms with Gasteiger partial charge in [-0.1, -0.05) is 6.92 Å². The Balaban J connectivity index is 1.73. The van der Waals surface area contributed by atoms with Crippen molar-refractivity contribution in [2.75, 3.05) is 26.3 Å². The number of nitrogens with two attached hydrogens (primary N) is 1. The fraction of sp³-hybridized carbons (Fsp3) is 0.769. The smallest absolute Gasteiger partial charge is 0.0941 e. The van der Waals surface area contributed by atoms with Crippen molar-refractivity contribution < 1.29 is 4.74 Å². The second-order valence-corrected chi connectivity index (χ2v) is 6.24. The van der Waals surface area contributed by atoms with Gasteiger partial charge in [0.1, 0.15) is 0 Å². The first-order valence-corrected chi connectivity index (χ1v) is 7.52. The Morgan fingerprint density at radius 2 is 2.28 bits per heavy atom. The van der Waals surface area contributed by atoms with Gasteiger partial charge in [-0.15, -0.1) is 11.3 Å². The lowest BCUT2D eigenvalue weighted by Gasteiger charge is -2.33. The molecule has 2 rings (SSSR count). The highest BCUT2D eigenvalue weighted by molar-refractivity contribution is 7.09. The third-order valence-corrected chi connectivity index (χ3v) is 4.47. The van der Waals surface area contributed by atoms with Crippen LogP contribution in [0.5, 0.6) is 0 Å². The maximum atomic E-state index is 5.52. The lowest BCUT2D eigenvalue weighted by molar-refractivity contribution is 0.0240. The summed E-state index contributed by atoms with van der Waals surface area (Å²) >= 11 is 1.71. The Kier molecular flexibility index (Phi) is 5.12. The number of hydrogen-bond donors (Lipinski definition) is 2. The van der Waals surface area contributed by atoms with Gasteiger partial charge >= 0.3 is 0 Å². The van der Waals surface area contributed by atoms with Crippen molar-refractivity contribution in [1.29, 1.82) is 0 Å². The van der Waals surface area contributed by atoms with E-state index in [-0.39, 0.29) is 0 Å². The van der Waals surface area contributed by atoms with E-state index in [1.165, 1.54) is 0 Å². The van der Waals surface area contributed by atoms with E-state index in [2.05, 4.69) is 22.6 Å². The molecule has 18 heavy (non-hydrogen) atoms. The first-order valence-electron chi connectivity index (χ1n) is 6.64. The molecule has 5 heteroatoms. The summed E-state index contributed by atoms with van der Waals surface area (Å²) in [5, 5.41) is 6.80. The van der Waals surface area contributed by atoms with Gasteiger partial charge in [-0.05, 0) is 24.8 Å². The molecule has 1 saturated heterocycles. The SMILES string of the molecule is CC1(CNCc2csc(CCN)n2)CCOCC1. The quantitative estimate of drug-likeness (QED) is 0.822. The molecule has 4 nitrogen and oxygen atoms in total. The van der Waals surface area contributed by atoms with E-state index >= 15 is 0 Å². The van der Waals surface area contributed by atoms with Crippen LogP contribution in [0.15, 0.2) is 5.38 Å². The maximum absolute atomic E-state index is 5.52. The summed E-state index contributed by atoms with van der Waals surface area (Å²) in [5.41, 5.74) is 7.05. The summed E-state index contributed by atoms with van der Waals surface area (Å²) in [5.74, 6) is 0. The summed E-state index contributed by atoms with van der Waals surface area (Å²) in [7, 11) is 0. The minimum absolute atomic E-state index is 0.383. The summed E-state index contributed by atoms with van der Waals surface area (Å²) in [4.78, 5) is 4.56. The Labute approximate surface area is 113 Å². The molecule has 3 N–H and O–H groups in total. The van der Waals surface area contributed by atoms with Gasteiger partial charge in [0.2, 0.25) is 0 Å². The van der Waals surface area contributed by atoms with E-state index in [1.54, 1.807) is 11.3 Å². The summed E-state index contributed by atoms with van der Waals surface area (Å²) in [6, 6.07) is 0. The third kappa shape index (κ3) is 4.02. The molecule has 0 saturated carbocycles. The van der Waals surface area contributed by atoms with E-state index in [0.29, 0.717) is 12.0 Å². The molecular formula is C13H23N3OS. The topological polar surface area (TPSA) is 60.2 Å². The van der Waals surface area contributed by atoms with Crippen LogP contribution in [-0.4, -0.2) is 31.3 Å². The Morgan fingerprint density at radius 1 is 1.50 bits per heavy atom. The molecule has 0 radical (unpaired) electrons. The fourth-order valence-electron chi connectivity index (χ4n) is 2.20. The van der Waals surface area contributed by atoms with Crippen molar-refractivity contribution in [1.82, 2.24) is 10.3 Å². The van der Waals surface area contributed by atoms with Gasteiger partial charge in [0.15, 0.2) is 0 Å². The monoisotopic (exact) mass is 269 g/mol. The average molecular weight is 269 g/mol. The molecule has 1 aliphatic rings. The number of rotatable bonds is 6. The molecule has 2 heterocycles. The minimum atomic E-state index is 0.383. The predicted molar refractivity (Wildman–Crippen MR) is 74.7 cm³/mol. The zero-order chi connectivity index (χ0) is 12.8. The van der Waals surface area contributed by atoms with Crippen LogP contribution < -0.4 is 11.1 Å². The fourth-order valence-corrected chi connectivity index (χ4v) is 3.02. The molecule has 0 atom stereocenters. The van der Waals surface area contributed by atoms with Crippen molar-refractivity contribution in [2.24, 2.45) is 11.1 Å². The van der Waals surface area contributed by atoms with Gasteiger partial charge < -0.3 is 15.8 Å². The third-order valence-electron chi connectivity index (χ3n) is 3.52. The van der Waals surface area contributed by atoms with Crippen molar-refractivity contribution in [2.45, 2.75) is 32.7 Å². The lowest BCUT2D eigenvalue weighted by Crippen LogP contribution is -2.36. The Bertz CT molecular complexity index is 361. The number of nitrogens with one attached hydrogen (secondary N) is 1. The highest BCUT2D eigenvalue weighted by Gasteiger charge is 2.26. The summed E-state index contributed by atoms with van der Waals surface area (Å²) in [6.07, 6.45) is 3.19. The molecule has 0 aromatic carbocycles. The first-order chi connectivity index (χ1) is 8.72. The van der Waals surface area contributed by atoms with Crippen LogP contribution in [0.4, 0.5) is 0 Å². The summed E-state index contributed by atoms with van der Waals surface area (Å²) in [6.45, 7) is 6.71. The number of aromatic nitrogens is 1. The predicted octanol–water partition coefficient (Wildman–Crippen LogP) is 1.55. The van der Waals surface area contributed by atoms with Crippen LogP contribution in [0.3, 0.4) is 0 Å². The second-order valence-electron chi connectivity index (χ2n) is 5.30. The highest BCUT2D eigenvalue weighted by Crippen LogP contribution is 2.28. The van der Waals surface area contributed by atoms with Crippen LogP contribution >= 0.6 is 11.3 Å². The van der Waals surface area contributed by atoms with E-state index in [0.717, 1.165) is 56.3 Å². The van der Waals surface area contributed by atoms with Gasteiger partial charge in [0.25, 0.3) is 0 Å². The zero-order valence-corrected chi connectivity index (χ0v) is 11.9. The van der Waals surface area contributed by atoms with Crippen LogP contribution in [0.2, 0.25) is 0 Å². The van der Waals surface area contributed by atoms with E-state index < -0.39 is 0 Å². The molecule has 102 valence electrons. The normalized spacial score (nSPS) is 19.0. The van der Waals surface area contributed by atoms with Gasteiger partial charge in [-0.3, -0.25) is 0 Å². The lowest BCUT2D eigenvalue weighted by atomic mass is 9.82. The van der Waals surface area contributed by atoms with Gasteiger partial charge in [-0.2, -0.15) is 0 Å². The van der Waals surface area contributed by atoms with Crippen molar-refractivity contribution in [3.05, 3.63) is 16.1 Å². The van der Waals surface area contributed by atoms with Crippen LogP contribution in [-0.2, 0) is 17.7 Å². The van der Waals surface area contributed by atoms with E-state index in [1.807, 2.05) is 0 Å². The standard InChI is InChI=1S/C13H23N3OS/c1-13(3-6-17-7-4-13)10-15-8-11-9-18-12(16-11)2-5-14/h9,15H,2-8,10,14H2,1H3. The molecule has 0 unspecified atom stereocenters. The average Bonchev–Trinajstić information content (AvgIpc) is 2.78. The molecule has 0 bridgehead atoms. The van der Waals surface area contributed by atoms with Crippen molar-refractivity contribution in [3.63, 3.8) is 0 Å². The molecule has 1 fully saturated rings. The molecular weight excluding hydrogens is 246 g/mol. The molecule has 0 amide bonds. The number of hydrogen-bond acceptors (Lipinski definition) is 5. The van der Waals surface area contributed by atoms with Gasteiger partial charge in [0, 0.05) is 38.1 Å². The summed E-state index contributed by atoms with van der Waals surface area (Å²) < 4.78 is 5.41. The molecule has 1 aliphatic heterocycles. The van der Waals surface area contributed by atoms with Gasteiger partial charge in [0.05, 0.1) is 10.7 Å². The number of nitrogens with zero attached hydrogens (tertiary/aromatic N) is 1. The van der Waals surface area contributed by atoms with Gasteiger partial charge in [-0.25, -0.2) is 4.98 Å². The molecule has 1 aromatic rings. The van der Waals surface area contributed by atoms with Crippen LogP contribution in [0, 0.1) is 5.41 Å². The van der Waals surface area contributed by atoms with Crippen molar-refractivity contribution in [3.8, 4) is 0 Å². The first kappa shape index (κ1) is 13.9. The van der Waals surface area contributed by atoms with E-state index in [4.69, 9.17) is 10.5 Å². The molecule has 0 spiro atoms.